The molecule has 12 heteroatoms. The number of sulfonamides is 1. The van der Waals surface area contributed by atoms with Crippen molar-refractivity contribution in [1.82, 2.24) is 9.97 Å². The van der Waals surface area contributed by atoms with Crippen LogP contribution in [0.2, 0.25) is 0 Å². The first-order valence-corrected chi connectivity index (χ1v) is 13.9. The zero-order valence-electron chi connectivity index (χ0n) is 20.3. The van der Waals surface area contributed by atoms with Crippen LogP contribution in [-0.2, 0) is 10.0 Å². The fourth-order valence-electron chi connectivity index (χ4n) is 4.86. The second-order valence-electron chi connectivity index (χ2n) is 10.1. The van der Waals surface area contributed by atoms with Gasteiger partial charge in [0.2, 0.25) is 16.0 Å². The van der Waals surface area contributed by atoms with Crippen molar-refractivity contribution in [2.45, 2.75) is 38.7 Å². The number of aliphatic hydroxyl groups excluding tert-OH is 2. The van der Waals surface area contributed by atoms with Gasteiger partial charge in [-0.1, -0.05) is 0 Å². The number of carbonyl (C=O) groups is 1. The summed E-state index contributed by atoms with van der Waals surface area (Å²) >= 11 is 0. The minimum atomic E-state index is -3.70. The highest BCUT2D eigenvalue weighted by molar-refractivity contribution is 7.92. The molecule has 0 atom stereocenters. The van der Waals surface area contributed by atoms with Gasteiger partial charge >= 0.3 is 0 Å². The molecule has 1 spiro atoms. The van der Waals surface area contributed by atoms with Gasteiger partial charge in [0.25, 0.3) is 5.91 Å². The van der Waals surface area contributed by atoms with Gasteiger partial charge in [-0.2, -0.15) is 4.98 Å². The Bertz CT molecular complexity index is 1250. The molecule has 4 N–H and O–H groups in total. The van der Waals surface area contributed by atoms with Gasteiger partial charge in [-0.15, -0.1) is 0 Å². The number of amides is 1. The summed E-state index contributed by atoms with van der Waals surface area (Å²) in [5.41, 5.74) is 2.56. The molecule has 1 aromatic carbocycles. The lowest BCUT2D eigenvalue weighted by atomic mass is 9.93. The SMILES string of the molecule is Cc1cc(NC(=O)c2ccc(NS(=O)(=O)CCO)cc2N2CCC3(CC2)CC3)nc(N2CC(O)C2)n1. The van der Waals surface area contributed by atoms with E-state index in [1.807, 2.05) is 11.8 Å². The standard InChI is InChI=1S/C24H32N6O5S/c1-16-12-21(27-23(25-16)30-14-18(32)15-30)26-22(33)19-3-2-17(28-36(34,35)11-10-31)13-20(19)29-8-6-24(4-5-24)7-9-29/h2-3,12-13,18,28,31-32H,4-11,14-15H2,1H3,(H,25,26,27,33). The second-order valence-corrected chi connectivity index (χ2v) is 11.9. The highest BCUT2D eigenvalue weighted by atomic mass is 32.2. The number of aryl methyl sites for hydroxylation is 1. The van der Waals surface area contributed by atoms with Gasteiger partial charge < -0.3 is 25.3 Å². The van der Waals surface area contributed by atoms with E-state index in [0.717, 1.165) is 25.9 Å². The average molecular weight is 517 g/mol. The smallest absolute Gasteiger partial charge is 0.258 e. The van der Waals surface area contributed by atoms with Gasteiger partial charge in [-0.3, -0.25) is 9.52 Å². The molecule has 0 unspecified atom stereocenters. The topological polar surface area (TPSA) is 148 Å². The van der Waals surface area contributed by atoms with Crippen LogP contribution in [0, 0.1) is 12.3 Å². The van der Waals surface area contributed by atoms with Crippen molar-refractivity contribution in [2.75, 3.05) is 58.4 Å². The van der Waals surface area contributed by atoms with Crippen molar-refractivity contribution in [1.29, 1.82) is 0 Å². The van der Waals surface area contributed by atoms with E-state index in [1.165, 1.54) is 12.8 Å². The van der Waals surface area contributed by atoms with E-state index in [9.17, 15) is 18.3 Å². The van der Waals surface area contributed by atoms with Gasteiger partial charge in [0.05, 0.1) is 35.4 Å². The molecule has 2 aliphatic heterocycles. The van der Waals surface area contributed by atoms with Crippen molar-refractivity contribution < 1.29 is 23.4 Å². The minimum Gasteiger partial charge on any atom is -0.395 e. The summed E-state index contributed by atoms with van der Waals surface area (Å²) < 4.78 is 26.9. The number of anilines is 4. The quantitative estimate of drug-likeness (QED) is 0.408. The number of β-amino-alcohol motifs (C(OH)–C–C–N with tert-alkyl or cyclic N) is 1. The Hall–Kier alpha value is -2.96. The monoisotopic (exact) mass is 516 g/mol. The number of aliphatic hydroxyl groups is 2. The molecule has 2 aromatic rings. The van der Waals surface area contributed by atoms with E-state index in [-0.39, 0.29) is 5.91 Å². The number of nitrogens with zero attached hydrogens (tertiary/aromatic N) is 4. The Balaban J connectivity index is 1.40. The van der Waals surface area contributed by atoms with Crippen molar-refractivity contribution in [3.8, 4) is 0 Å². The first kappa shape index (κ1) is 24.7. The van der Waals surface area contributed by atoms with Crippen LogP contribution in [0.1, 0.15) is 41.7 Å². The molecule has 36 heavy (non-hydrogen) atoms. The minimum absolute atomic E-state index is 0.346. The molecule has 1 aromatic heterocycles. The third-order valence-electron chi connectivity index (χ3n) is 7.23. The van der Waals surface area contributed by atoms with Crippen LogP contribution in [0.25, 0.3) is 0 Å². The van der Waals surface area contributed by atoms with E-state index in [2.05, 4.69) is 24.9 Å². The molecule has 194 valence electrons. The third kappa shape index (κ3) is 5.40. The number of hydrogen-bond acceptors (Lipinski definition) is 9. The average Bonchev–Trinajstić information content (AvgIpc) is 3.55. The van der Waals surface area contributed by atoms with Crippen LogP contribution in [0.3, 0.4) is 0 Å². The van der Waals surface area contributed by atoms with Crippen LogP contribution < -0.4 is 19.8 Å². The predicted molar refractivity (Wildman–Crippen MR) is 137 cm³/mol. The van der Waals surface area contributed by atoms with Gasteiger partial charge in [-0.05, 0) is 56.2 Å². The highest BCUT2D eigenvalue weighted by Gasteiger charge is 2.44. The largest absolute Gasteiger partial charge is 0.395 e. The van der Waals surface area contributed by atoms with Crippen molar-refractivity contribution in [2.24, 2.45) is 5.41 Å². The summed E-state index contributed by atoms with van der Waals surface area (Å²) in [6, 6.07) is 6.54. The fraction of sp³-hybridized carbons (Fsp3) is 0.542. The number of aromatic nitrogens is 2. The highest BCUT2D eigenvalue weighted by Crippen LogP contribution is 2.54. The molecule has 3 heterocycles. The maximum Gasteiger partial charge on any atom is 0.258 e. The Morgan fingerprint density at radius 3 is 2.47 bits per heavy atom. The summed E-state index contributed by atoms with van der Waals surface area (Å²) in [7, 11) is -3.70. The van der Waals surface area contributed by atoms with Gasteiger partial charge in [0.1, 0.15) is 5.82 Å². The first-order chi connectivity index (χ1) is 17.2. The van der Waals surface area contributed by atoms with E-state index in [1.54, 1.807) is 24.3 Å². The van der Waals surface area contributed by atoms with Crippen molar-refractivity contribution in [3.63, 3.8) is 0 Å². The van der Waals surface area contributed by atoms with Crippen LogP contribution in [0.4, 0.5) is 23.1 Å². The summed E-state index contributed by atoms with van der Waals surface area (Å²) in [5.74, 6) is 0.0581. The Kier molecular flexibility index (Phi) is 6.52. The van der Waals surface area contributed by atoms with Gasteiger partial charge in [0.15, 0.2) is 0 Å². The van der Waals surface area contributed by atoms with Crippen LogP contribution in [-0.4, -0.2) is 79.1 Å². The summed E-state index contributed by atoms with van der Waals surface area (Å²) in [4.78, 5) is 26.3. The molecular weight excluding hydrogens is 484 g/mol. The Labute approximate surface area is 210 Å². The molecule has 3 fully saturated rings. The Morgan fingerprint density at radius 1 is 1.11 bits per heavy atom. The molecule has 1 aliphatic carbocycles. The second kappa shape index (κ2) is 9.49. The predicted octanol–water partition coefficient (Wildman–Crippen LogP) is 1.33. The third-order valence-corrected chi connectivity index (χ3v) is 8.49. The zero-order valence-corrected chi connectivity index (χ0v) is 21.1. The lowest BCUT2D eigenvalue weighted by Gasteiger charge is -2.36. The molecular formula is C24H32N6O5S. The van der Waals surface area contributed by atoms with Crippen LogP contribution >= 0.6 is 0 Å². The van der Waals surface area contributed by atoms with Crippen molar-refractivity contribution >= 4 is 39.1 Å². The molecule has 11 nitrogen and oxygen atoms in total. The maximum absolute atomic E-state index is 13.4. The lowest BCUT2D eigenvalue weighted by molar-refractivity contribution is 0.102. The Morgan fingerprint density at radius 2 is 1.83 bits per heavy atom. The summed E-state index contributed by atoms with van der Waals surface area (Å²) in [6.07, 6.45) is 4.19. The van der Waals surface area contributed by atoms with E-state index in [4.69, 9.17) is 5.11 Å². The molecule has 5 rings (SSSR count). The molecule has 2 saturated heterocycles. The number of nitrogens with one attached hydrogen (secondary N) is 2. The van der Waals surface area contributed by atoms with E-state index < -0.39 is 28.5 Å². The summed E-state index contributed by atoms with van der Waals surface area (Å²) in [5, 5.41) is 21.5. The first-order valence-electron chi connectivity index (χ1n) is 12.3. The van der Waals surface area contributed by atoms with Gasteiger partial charge in [0, 0.05) is 37.9 Å². The summed E-state index contributed by atoms with van der Waals surface area (Å²) in [6.45, 7) is 3.82. The molecule has 3 aliphatic rings. The van der Waals surface area contributed by atoms with Crippen molar-refractivity contribution in [3.05, 3.63) is 35.5 Å². The molecule has 0 radical (unpaired) electrons. The number of hydrogen-bond donors (Lipinski definition) is 4. The molecule has 1 saturated carbocycles. The van der Waals surface area contributed by atoms with E-state index >= 15 is 0 Å². The molecule has 1 amide bonds. The lowest BCUT2D eigenvalue weighted by Crippen LogP contribution is -2.51. The van der Waals surface area contributed by atoms with Gasteiger partial charge in [-0.25, -0.2) is 13.4 Å². The number of benzene rings is 1. The number of rotatable bonds is 8. The van der Waals surface area contributed by atoms with Crippen LogP contribution in [0.5, 0.6) is 0 Å². The fourth-order valence-corrected chi connectivity index (χ4v) is 5.69. The molecule has 0 bridgehead atoms. The normalized spacial score (nSPS) is 19.2. The number of piperidine rings is 1. The number of carbonyl (C=O) groups excluding carboxylic acids is 1. The van der Waals surface area contributed by atoms with Crippen LogP contribution in [0.15, 0.2) is 24.3 Å². The maximum atomic E-state index is 13.4. The zero-order chi connectivity index (χ0) is 25.5. The van der Waals surface area contributed by atoms with E-state index in [0.29, 0.717) is 52.9 Å².